The number of hydrogen-bond acceptors (Lipinski definition) is 8. The van der Waals surface area contributed by atoms with Crippen molar-refractivity contribution in [3.05, 3.63) is 89.4 Å². The molecule has 0 fully saturated rings. The van der Waals surface area contributed by atoms with Crippen LogP contribution in [0.3, 0.4) is 0 Å². The van der Waals surface area contributed by atoms with Gasteiger partial charge in [-0.2, -0.15) is 5.26 Å². The Bertz CT molecular complexity index is 1200. The summed E-state index contributed by atoms with van der Waals surface area (Å²) in [5.74, 6) is 1.17. The highest BCUT2D eigenvalue weighted by Crippen LogP contribution is 2.29. The molecular weight excluding hydrogens is 432 g/mol. The Balaban J connectivity index is 1.33. The zero-order chi connectivity index (χ0) is 21.5. The van der Waals surface area contributed by atoms with Gasteiger partial charge in [0.2, 0.25) is 5.13 Å². The molecule has 0 aliphatic rings. The van der Waals surface area contributed by atoms with Crippen LogP contribution >= 0.6 is 23.1 Å². The van der Waals surface area contributed by atoms with Crippen LogP contribution in [0.1, 0.15) is 27.2 Å². The van der Waals surface area contributed by atoms with Gasteiger partial charge in [0, 0.05) is 11.3 Å². The minimum atomic E-state index is -0.406. The first-order valence-electron chi connectivity index (χ1n) is 9.22. The van der Waals surface area contributed by atoms with Crippen molar-refractivity contribution in [2.24, 2.45) is 0 Å². The van der Waals surface area contributed by atoms with E-state index in [0.717, 1.165) is 9.90 Å². The molecule has 0 unspecified atom stereocenters. The summed E-state index contributed by atoms with van der Waals surface area (Å²) in [6.07, 6.45) is 1.46. The van der Waals surface area contributed by atoms with Gasteiger partial charge in [0.25, 0.3) is 5.91 Å². The van der Waals surface area contributed by atoms with Crippen molar-refractivity contribution in [3.63, 3.8) is 0 Å². The third-order valence-corrected chi connectivity index (χ3v) is 6.21. The highest BCUT2D eigenvalue weighted by molar-refractivity contribution is 8.00. The topological polar surface area (TPSA) is 101 Å². The molecule has 31 heavy (non-hydrogen) atoms. The Hall–Kier alpha value is -3.61. The van der Waals surface area contributed by atoms with E-state index in [2.05, 4.69) is 21.6 Å². The number of benzene rings is 2. The molecule has 0 radical (unpaired) electrons. The Morgan fingerprint density at radius 3 is 2.71 bits per heavy atom. The predicted molar refractivity (Wildman–Crippen MR) is 118 cm³/mol. The van der Waals surface area contributed by atoms with Gasteiger partial charge in [-0.05, 0) is 35.9 Å². The number of anilines is 1. The van der Waals surface area contributed by atoms with E-state index in [0.29, 0.717) is 27.8 Å². The first kappa shape index (κ1) is 20.7. The van der Waals surface area contributed by atoms with Crippen molar-refractivity contribution in [2.45, 2.75) is 16.7 Å². The number of thioether (sulfide) groups is 1. The molecule has 1 N–H and O–H groups in total. The first-order chi connectivity index (χ1) is 15.2. The van der Waals surface area contributed by atoms with Crippen LogP contribution in [0.2, 0.25) is 0 Å². The number of nitrogens with one attached hydrogen (secondary N) is 1. The standard InChI is InChI=1S/C22H16N4O3S2/c23-12-15-6-8-16(9-7-15)14-30-22-26-25-21(31-22)24-20(27)19-17(10-11-28-19)13-29-18-4-2-1-3-5-18/h1-11H,13-14H2,(H,24,25,27). The number of carbonyl (C=O) groups is 1. The Labute approximate surface area is 186 Å². The molecule has 2 heterocycles. The molecule has 9 heteroatoms. The van der Waals surface area contributed by atoms with E-state index in [1.807, 2.05) is 42.5 Å². The van der Waals surface area contributed by atoms with Crippen LogP contribution in [-0.2, 0) is 12.4 Å². The first-order valence-corrected chi connectivity index (χ1v) is 11.0. The SMILES string of the molecule is N#Cc1ccc(CSc2nnc(NC(=O)c3occc3COc3ccccc3)s2)cc1. The van der Waals surface area contributed by atoms with E-state index in [9.17, 15) is 4.79 Å². The van der Waals surface area contributed by atoms with Gasteiger partial charge in [0.15, 0.2) is 10.1 Å². The highest BCUT2D eigenvalue weighted by atomic mass is 32.2. The second-order valence-electron chi connectivity index (χ2n) is 6.30. The van der Waals surface area contributed by atoms with E-state index in [4.69, 9.17) is 14.4 Å². The van der Waals surface area contributed by atoms with Crippen molar-refractivity contribution in [2.75, 3.05) is 5.32 Å². The average molecular weight is 449 g/mol. The minimum Gasteiger partial charge on any atom is -0.489 e. The second-order valence-corrected chi connectivity index (χ2v) is 8.50. The predicted octanol–water partition coefficient (Wildman–Crippen LogP) is 5.13. The Morgan fingerprint density at radius 2 is 1.94 bits per heavy atom. The maximum atomic E-state index is 12.6. The number of nitriles is 1. The molecule has 4 rings (SSSR count). The molecule has 0 saturated carbocycles. The summed E-state index contributed by atoms with van der Waals surface area (Å²) in [5, 5.41) is 20.1. The fourth-order valence-electron chi connectivity index (χ4n) is 2.62. The van der Waals surface area contributed by atoms with Crippen molar-refractivity contribution in [1.82, 2.24) is 10.2 Å². The highest BCUT2D eigenvalue weighted by Gasteiger charge is 2.18. The zero-order valence-corrected chi connectivity index (χ0v) is 17.8. The number of rotatable bonds is 8. The molecule has 1 amide bonds. The molecule has 154 valence electrons. The van der Waals surface area contributed by atoms with Gasteiger partial charge in [0.1, 0.15) is 12.4 Å². The lowest BCUT2D eigenvalue weighted by molar-refractivity contribution is 0.0993. The van der Waals surface area contributed by atoms with Crippen LogP contribution < -0.4 is 10.1 Å². The van der Waals surface area contributed by atoms with Crippen LogP contribution in [0, 0.1) is 11.3 Å². The zero-order valence-electron chi connectivity index (χ0n) is 16.1. The number of hydrogen-bond donors (Lipinski definition) is 1. The van der Waals surface area contributed by atoms with E-state index in [1.165, 1.54) is 29.4 Å². The number of nitrogens with zero attached hydrogens (tertiary/aromatic N) is 3. The molecule has 0 spiro atoms. The summed E-state index contributed by atoms with van der Waals surface area (Å²) in [4.78, 5) is 12.6. The summed E-state index contributed by atoms with van der Waals surface area (Å²) in [6.45, 7) is 0.213. The molecule has 0 saturated heterocycles. The molecule has 2 aromatic carbocycles. The maximum Gasteiger partial charge on any atom is 0.293 e. The van der Waals surface area contributed by atoms with Crippen molar-refractivity contribution in [3.8, 4) is 11.8 Å². The van der Waals surface area contributed by atoms with Gasteiger partial charge in [-0.25, -0.2) is 0 Å². The fourth-order valence-corrected chi connectivity index (χ4v) is 4.32. The second kappa shape index (κ2) is 9.93. The summed E-state index contributed by atoms with van der Waals surface area (Å²) >= 11 is 2.79. The average Bonchev–Trinajstić information content (AvgIpc) is 3.47. The molecule has 0 aliphatic carbocycles. The lowest BCUT2D eigenvalue weighted by Gasteiger charge is -2.06. The van der Waals surface area contributed by atoms with Crippen molar-refractivity contribution >= 4 is 34.1 Å². The maximum absolute atomic E-state index is 12.6. The number of para-hydroxylation sites is 1. The largest absolute Gasteiger partial charge is 0.489 e. The molecular formula is C22H16N4O3S2. The van der Waals surface area contributed by atoms with Crippen LogP contribution in [-0.4, -0.2) is 16.1 Å². The van der Waals surface area contributed by atoms with E-state index in [1.54, 1.807) is 18.2 Å². The van der Waals surface area contributed by atoms with E-state index in [-0.39, 0.29) is 12.4 Å². The van der Waals surface area contributed by atoms with Crippen LogP contribution in [0.5, 0.6) is 5.75 Å². The third kappa shape index (κ3) is 5.51. The number of amides is 1. The molecule has 7 nitrogen and oxygen atoms in total. The van der Waals surface area contributed by atoms with Crippen molar-refractivity contribution in [1.29, 1.82) is 5.26 Å². The summed E-state index contributed by atoms with van der Waals surface area (Å²) in [6, 6.07) is 20.5. The normalized spacial score (nSPS) is 10.4. The Morgan fingerprint density at radius 1 is 1.13 bits per heavy atom. The number of ether oxygens (including phenoxy) is 1. The monoisotopic (exact) mass is 448 g/mol. The molecule has 0 atom stereocenters. The van der Waals surface area contributed by atoms with Crippen LogP contribution in [0.4, 0.5) is 5.13 Å². The fraction of sp³-hybridized carbons (Fsp3) is 0.0909. The van der Waals surface area contributed by atoms with E-state index < -0.39 is 5.91 Å². The van der Waals surface area contributed by atoms with E-state index >= 15 is 0 Å². The van der Waals surface area contributed by atoms with Gasteiger partial charge >= 0.3 is 0 Å². The lowest BCUT2D eigenvalue weighted by atomic mass is 10.2. The Kier molecular flexibility index (Phi) is 6.62. The van der Waals surface area contributed by atoms with Crippen molar-refractivity contribution < 1.29 is 13.9 Å². The summed E-state index contributed by atoms with van der Waals surface area (Å²) in [5.41, 5.74) is 2.34. The number of aromatic nitrogens is 2. The lowest BCUT2D eigenvalue weighted by Crippen LogP contribution is -2.13. The van der Waals surface area contributed by atoms with Crippen LogP contribution in [0.15, 0.2) is 75.7 Å². The molecule has 0 bridgehead atoms. The quantitative estimate of drug-likeness (QED) is 0.295. The number of furan rings is 1. The molecule has 4 aromatic rings. The van der Waals surface area contributed by atoms with Gasteiger partial charge in [-0.1, -0.05) is 53.4 Å². The third-order valence-electron chi connectivity index (χ3n) is 4.16. The summed E-state index contributed by atoms with van der Waals surface area (Å²) in [7, 11) is 0. The van der Waals surface area contributed by atoms with Crippen LogP contribution in [0.25, 0.3) is 0 Å². The minimum absolute atomic E-state index is 0.179. The van der Waals surface area contributed by atoms with Gasteiger partial charge in [-0.3, -0.25) is 10.1 Å². The van der Waals surface area contributed by atoms with Gasteiger partial charge in [0.05, 0.1) is 17.9 Å². The van der Waals surface area contributed by atoms with Gasteiger partial charge in [-0.15, -0.1) is 10.2 Å². The molecule has 2 aromatic heterocycles. The molecule has 0 aliphatic heterocycles. The number of carbonyl (C=O) groups excluding carboxylic acids is 1. The summed E-state index contributed by atoms with van der Waals surface area (Å²) < 4.78 is 11.8. The smallest absolute Gasteiger partial charge is 0.293 e. The van der Waals surface area contributed by atoms with Gasteiger partial charge < -0.3 is 9.15 Å².